The van der Waals surface area contributed by atoms with Crippen LogP contribution in [0.1, 0.15) is 24.2 Å². The zero-order valence-electron chi connectivity index (χ0n) is 13.5. The van der Waals surface area contributed by atoms with Gasteiger partial charge >= 0.3 is 0 Å². The number of hydrogen-bond donors (Lipinski definition) is 2. The lowest BCUT2D eigenvalue weighted by molar-refractivity contribution is -0.118. The van der Waals surface area contributed by atoms with E-state index in [0.717, 1.165) is 0 Å². The van der Waals surface area contributed by atoms with Crippen LogP contribution in [-0.4, -0.2) is 24.5 Å². The van der Waals surface area contributed by atoms with Crippen molar-refractivity contribution in [2.24, 2.45) is 0 Å². The number of carbonyl (C=O) groups is 2. The molecule has 2 amide bonds. The standard InChI is InChI=1S/C18H19ClN2O3/c1-12(2)20-18(23)13-7-9-14(10-8-13)21-17(22)11-24-16-6-4-3-5-15(16)19/h3-10,12H,11H2,1-2H3,(H,20,23)(H,21,22). The van der Waals surface area contributed by atoms with Crippen molar-refractivity contribution in [3.05, 3.63) is 59.1 Å². The molecule has 0 aliphatic heterocycles. The first kappa shape index (κ1) is 17.8. The molecule has 5 nitrogen and oxygen atoms in total. The summed E-state index contributed by atoms with van der Waals surface area (Å²) in [7, 11) is 0. The van der Waals surface area contributed by atoms with Gasteiger partial charge in [-0.3, -0.25) is 9.59 Å². The van der Waals surface area contributed by atoms with E-state index in [9.17, 15) is 9.59 Å². The largest absolute Gasteiger partial charge is 0.482 e. The zero-order valence-corrected chi connectivity index (χ0v) is 14.3. The molecule has 24 heavy (non-hydrogen) atoms. The number of hydrogen-bond acceptors (Lipinski definition) is 3. The van der Waals surface area contributed by atoms with Crippen molar-refractivity contribution >= 4 is 29.1 Å². The summed E-state index contributed by atoms with van der Waals surface area (Å²) in [5, 5.41) is 5.95. The van der Waals surface area contributed by atoms with E-state index in [1.54, 1.807) is 48.5 Å². The van der Waals surface area contributed by atoms with E-state index >= 15 is 0 Å². The molecule has 0 aromatic heterocycles. The van der Waals surface area contributed by atoms with Gasteiger partial charge in [-0.2, -0.15) is 0 Å². The number of carbonyl (C=O) groups excluding carboxylic acids is 2. The van der Waals surface area contributed by atoms with Gasteiger partial charge in [-0.25, -0.2) is 0 Å². The van der Waals surface area contributed by atoms with Crippen molar-refractivity contribution in [2.45, 2.75) is 19.9 Å². The molecule has 0 saturated heterocycles. The molecule has 2 aromatic carbocycles. The highest BCUT2D eigenvalue weighted by Crippen LogP contribution is 2.22. The number of para-hydroxylation sites is 1. The normalized spacial score (nSPS) is 10.3. The fraction of sp³-hybridized carbons (Fsp3) is 0.222. The lowest BCUT2D eigenvalue weighted by atomic mass is 10.2. The molecule has 0 saturated carbocycles. The Kier molecular flexibility index (Phi) is 6.21. The Morgan fingerprint density at radius 1 is 1.08 bits per heavy atom. The summed E-state index contributed by atoms with van der Waals surface area (Å²) in [5.74, 6) is -0.00532. The van der Waals surface area contributed by atoms with Crippen LogP contribution in [0.15, 0.2) is 48.5 Å². The second-order valence-corrected chi connectivity index (χ2v) is 5.88. The monoisotopic (exact) mass is 346 g/mol. The number of benzene rings is 2. The summed E-state index contributed by atoms with van der Waals surface area (Å²) in [5.41, 5.74) is 1.12. The topological polar surface area (TPSA) is 67.4 Å². The Labute approximate surface area is 146 Å². The van der Waals surface area contributed by atoms with E-state index in [1.165, 1.54) is 0 Å². The molecule has 6 heteroatoms. The van der Waals surface area contributed by atoms with Crippen LogP contribution < -0.4 is 15.4 Å². The van der Waals surface area contributed by atoms with Crippen molar-refractivity contribution < 1.29 is 14.3 Å². The van der Waals surface area contributed by atoms with E-state index in [1.807, 2.05) is 13.8 Å². The van der Waals surface area contributed by atoms with Crippen molar-refractivity contribution in [3.8, 4) is 5.75 Å². The maximum Gasteiger partial charge on any atom is 0.262 e. The summed E-state index contributed by atoms with van der Waals surface area (Å²) in [4.78, 5) is 23.8. The molecule has 0 radical (unpaired) electrons. The number of anilines is 1. The Balaban J connectivity index is 1.88. The first-order chi connectivity index (χ1) is 11.5. The fourth-order valence-electron chi connectivity index (χ4n) is 1.95. The second-order valence-electron chi connectivity index (χ2n) is 5.47. The van der Waals surface area contributed by atoms with E-state index in [4.69, 9.17) is 16.3 Å². The summed E-state index contributed by atoms with van der Waals surface area (Å²) < 4.78 is 5.37. The highest BCUT2D eigenvalue weighted by atomic mass is 35.5. The highest BCUT2D eigenvalue weighted by Gasteiger charge is 2.09. The maximum absolute atomic E-state index is 11.9. The van der Waals surface area contributed by atoms with Crippen LogP contribution in [0.2, 0.25) is 5.02 Å². The van der Waals surface area contributed by atoms with Gasteiger partial charge in [0.1, 0.15) is 5.75 Å². The number of amides is 2. The number of rotatable bonds is 6. The molecule has 0 heterocycles. The van der Waals surface area contributed by atoms with Gasteiger partial charge in [-0.15, -0.1) is 0 Å². The van der Waals surface area contributed by atoms with Gasteiger partial charge in [0.2, 0.25) is 0 Å². The van der Waals surface area contributed by atoms with Crippen molar-refractivity contribution in [3.63, 3.8) is 0 Å². The van der Waals surface area contributed by atoms with Crippen molar-refractivity contribution in [1.29, 1.82) is 0 Å². The quantitative estimate of drug-likeness (QED) is 0.841. The third-order valence-electron chi connectivity index (χ3n) is 3.05. The van der Waals surface area contributed by atoms with E-state index in [2.05, 4.69) is 10.6 Å². The van der Waals surface area contributed by atoms with Gasteiger partial charge in [0.25, 0.3) is 11.8 Å². The van der Waals surface area contributed by atoms with Gasteiger partial charge in [0, 0.05) is 17.3 Å². The minimum absolute atomic E-state index is 0.0684. The molecule has 0 unspecified atom stereocenters. The smallest absolute Gasteiger partial charge is 0.262 e. The molecular weight excluding hydrogens is 328 g/mol. The van der Waals surface area contributed by atoms with Crippen molar-refractivity contribution in [1.82, 2.24) is 5.32 Å². The lowest BCUT2D eigenvalue weighted by Crippen LogP contribution is -2.30. The van der Waals surface area contributed by atoms with Gasteiger partial charge in [-0.05, 0) is 50.2 Å². The maximum atomic E-state index is 11.9. The van der Waals surface area contributed by atoms with Gasteiger partial charge in [0.05, 0.1) is 5.02 Å². The number of nitrogens with one attached hydrogen (secondary N) is 2. The summed E-state index contributed by atoms with van der Waals surface area (Å²) in [6.45, 7) is 3.64. The van der Waals surface area contributed by atoms with E-state index < -0.39 is 0 Å². The van der Waals surface area contributed by atoms with Crippen LogP contribution >= 0.6 is 11.6 Å². The van der Waals surface area contributed by atoms with Crippen LogP contribution in [-0.2, 0) is 4.79 Å². The molecular formula is C18H19ClN2O3. The SMILES string of the molecule is CC(C)NC(=O)c1ccc(NC(=O)COc2ccccc2Cl)cc1. The van der Waals surface area contributed by atoms with Crippen LogP contribution in [0.25, 0.3) is 0 Å². The molecule has 2 rings (SSSR count). The second kappa shape index (κ2) is 8.36. The first-order valence-electron chi connectivity index (χ1n) is 7.54. The summed E-state index contributed by atoms with van der Waals surface area (Å²) in [6.07, 6.45) is 0. The zero-order chi connectivity index (χ0) is 17.5. The van der Waals surface area contributed by atoms with Crippen LogP contribution in [0.3, 0.4) is 0 Å². The molecule has 0 bridgehead atoms. The molecule has 126 valence electrons. The Bertz CT molecular complexity index is 714. The molecule has 0 atom stereocenters. The van der Waals surface area contributed by atoms with Crippen LogP contribution in [0.5, 0.6) is 5.75 Å². The third-order valence-corrected chi connectivity index (χ3v) is 3.36. The minimum atomic E-state index is -0.311. The fourth-order valence-corrected chi connectivity index (χ4v) is 2.14. The lowest BCUT2D eigenvalue weighted by Gasteiger charge is -2.10. The van der Waals surface area contributed by atoms with Crippen LogP contribution in [0, 0.1) is 0 Å². The predicted molar refractivity (Wildman–Crippen MR) is 94.6 cm³/mol. The molecule has 2 N–H and O–H groups in total. The highest BCUT2D eigenvalue weighted by molar-refractivity contribution is 6.32. The van der Waals surface area contributed by atoms with Gasteiger partial charge in [0.15, 0.2) is 6.61 Å². The number of halogens is 1. The molecule has 2 aromatic rings. The molecule has 0 fully saturated rings. The first-order valence-corrected chi connectivity index (χ1v) is 7.91. The van der Waals surface area contributed by atoms with Crippen LogP contribution in [0.4, 0.5) is 5.69 Å². The van der Waals surface area contributed by atoms with E-state index in [0.29, 0.717) is 22.0 Å². The average Bonchev–Trinajstić information content (AvgIpc) is 2.54. The van der Waals surface area contributed by atoms with Crippen molar-refractivity contribution in [2.75, 3.05) is 11.9 Å². The summed E-state index contributed by atoms with van der Waals surface area (Å²) in [6, 6.07) is 13.7. The average molecular weight is 347 g/mol. The molecule has 0 aliphatic carbocycles. The Morgan fingerprint density at radius 2 is 1.75 bits per heavy atom. The number of ether oxygens (including phenoxy) is 1. The van der Waals surface area contributed by atoms with E-state index in [-0.39, 0.29) is 24.5 Å². The Morgan fingerprint density at radius 3 is 2.38 bits per heavy atom. The Hall–Kier alpha value is -2.53. The minimum Gasteiger partial charge on any atom is -0.482 e. The summed E-state index contributed by atoms with van der Waals surface area (Å²) >= 11 is 5.96. The predicted octanol–water partition coefficient (Wildman–Crippen LogP) is 3.50. The molecule has 0 aliphatic rings. The third kappa shape index (κ3) is 5.28. The molecule has 0 spiro atoms. The van der Waals surface area contributed by atoms with Gasteiger partial charge < -0.3 is 15.4 Å². The van der Waals surface area contributed by atoms with Gasteiger partial charge in [-0.1, -0.05) is 23.7 Å².